The Morgan fingerprint density at radius 2 is 1.81 bits per heavy atom. The minimum atomic E-state index is -4.33. The van der Waals surface area contributed by atoms with Crippen molar-refractivity contribution in [3.63, 3.8) is 0 Å². The summed E-state index contributed by atoms with van der Waals surface area (Å²) in [5.41, 5.74) is 1.60. The zero-order valence-corrected chi connectivity index (χ0v) is 17.3. The molecule has 0 bridgehead atoms. The van der Waals surface area contributed by atoms with Crippen molar-refractivity contribution in [1.29, 1.82) is 0 Å². The fourth-order valence-electron chi connectivity index (χ4n) is 3.79. The highest BCUT2D eigenvalue weighted by molar-refractivity contribution is 5.95. The molecule has 0 unspecified atom stereocenters. The Morgan fingerprint density at radius 1 is 1.09 bits per heavy atom. The van der Waals surface area contributed by atoms with Crippen LogP contribution < -0.4 is 15.0 Å². The van der Waals surface area contributed by atoms with Gasteiger partial charge in [0.15, 0.2) is 6.61 Å². The number of rotatable bonds is 5. The van der Waals surface area contributed by atoms with E-state index in [1.165, 1.54) is 12.1 Å². The number of amides is 1. The SMILES string of the molecule is O=C1COc2cc(C=C[C@H](O)CN3CCN(c4ccc(C(F)(F)F)cc4)CC3)ccc2N1. The third-order valence-electron chi connectivity index (χ3n) is 5.53. The van der Waals surface area contributed by atoms with Crippen molar-refractivity contribution in [2.45, 2.75) is 12.3 Å². The molecule has 1 fully saturated rings. The van der Waals surface area contributed by atoms with Crippen LogP contribution >= 0.6 is 0 Å². The van der Waals surface area contributed by atoms with Crippen molar-refractivity contribution >= 4 is 23.4 Å². The van der Waals surface area contributed by atoms with Crippen molar-refractivity contribution in [1.82, 2.24) is 4.90 Å². The van der Waals surface area contributed by atoms with Gasteiger partial charge in [-0.25, -0.2) is 0 Å². The Kier molecular flexibility index (Phi) is 6.38. The molecular formula is C23H24F3N3O3. The lowest BCUT2D eigenvalue weighted by Gasteiger charge is -2.36. The highest BCUT2D eigenvalue weighted by atomic mass is 19.4. The van der Waals surface area contributed by atoms with E-state index in [-0.39, 0.29) is 12.5 Å². The van der Waals surface area contributed by atoms with Crippen LogP contribution in [0.4, 0.5) is 24.5 Å². The number of aliphatic hydroxyl groups excluding tert-OH is 1. The van der Waals surface area contributed by atoms with Crippen LogP contribution in [0, 0.1) is 0 Å². The summed E-state index contributed by atoms with van der Waals surface area (Å²) in [6, 6.07) is 10.6. The standard InChI is InChI=1S/C23H24F3N3O3/c24-23(25,26)17-3-5-18(6-4-17)29-11-9-28(10-12-29)14-19(30)7-1-16-2-8-20-21(13-16)32-15-22(31)27-20/h1-8,13,19,30H,9-12,14-15H2,(H,27,31)/t19-/m0/s1. The maximum Gasteiger partial charge on any atom is 0.416 e. The number of hydrogen-bond acceptors (Lipinski definition) is 5. The number of piperazine rings is 1. The van der Waals surface area contributed by atoms with Crippen LogP contribution in [0.3, 0.4) is 0 Å². The van der Waals surface area contributed by atoms with Crippen molar-refractivity contribution in [3.05, 3.63) is 59.7 Å². The second kappa shape index (κ2) is 9.22. The number of nitrogens with zero attached hydrogens (tertiary/aromatic N) is 2. The predicted molar refractivity (Wildman–Crippen MR) is 116 cm³/mol. The molecule has 2 aliphatic heterocycles. The predicted octanol–water partition coefficient (Wildman–Crippen LogP) is 3.23. The largest absolute Gasteiger partial charge is 0.482 e. The molecule has 2 N–H and O–H groups in total. The lowest BCUT2D eigenvalue weighted by molar-refractivity contribution is -0.137. The van der Waals surface area contributed by atoms with Gasteiger partial charge in [0.1, 0.15) is 5.75 Å². The minimum Gasteiger partial charge on any atom is -0.482 e. The van der Waals surface area contributed by atoms with Gasteiger partial charge in [0.05, 0.1) is 17.4 Å². The Bertz CT molecular complexity index is 984. The van der Waals surface area contributed by atoms with Crippen molar-refractivity contribution in [2.75, 3.05) is 49.5 Å². The van der Waals surface area contributed by atoms with E-state index >= 15 is 0 Å². The second-order valence-electron chi connectivity index (χ2n) is 7.85. The minimum absolute atomic E-state index is 0.0127. The van der Waals surface area contributed by atoms with E-state index in [2.05, 4.69) is 10.2 Å². The number of carbonyl (C=O) groups is 1. The monoisotopic (exact) mass is 447 g/mol. The number of nitrogens with one attached hydrogen (secondary N) is 1. The number of anilines is 2. The van der Waals surface area contributed by atoms with Gasteiger partial charge in [-0.2, -0.15) is 13.2 Å². The zero-order valence-electron chi connectivity index (χ0n) is 17.3. The van der Waals surface area contributed by atoms with Crippen LogP contribution in [-0.4, -0.2) is 61.3 Å². The molecule has 2 aromatic carbocycles. The average Bonchev–Trinajstić information content (AvgIpc) is 2.78. The lowest BCUT2D eigenvalue weighted by atomic mass is 10.1. The highest BCUT2D eigenvalue weighted by Crippen LogP contribution is 2.31. The van der Waals surface area contributed by atoms with Gasteiger partial charge in [0.2, 0.25) is 0 Å². The van der Waals surface area contributed by atoms with Crippen LogP contribution in [0.1, 0.15) is 11.1 Å². The molecule has 9 heteroatoms. The molecule has 32 heavy (non-hydrogen) atoms. The fraction of sp³-hybridized carbons (Fsp3) is 0.348. The zero-order chi connectivity index (χ0) is 22.7. The molecule has 170 valence electrons. The first-order valence-corrected chi connectivity index (χ1v) is 10.4. The number of halogens is 3. The number of ether oxygens (including phenoxy) is 1. The fourth-order valence-corrected chi connectivity index (χ4v) is 3.79. The van der Waals surface area contributed by atoms with Crippen molar-refractivity contribution < 1.29 is 27.8 Å². The molecule has 1 saturated heterocycles. The first-order valence-electron chi connectivity index (χ1n) is 10.4. The van der Waals surface area contributed by atoms with E-state index in [4.69, 9.17) is 4.74 Å². The number of hydrogen-bond donors (Lipinski definition) is 2. The number of carbonyl (C=O) groups excluding carboxylic acids is 1. The van der Waals surface area contributed by atoms with E-state index in [1.54, 1.807) is 18.2 Å². The van der Waals surface area contributed by atoms with E-state index in [9.17, 15) is 23.1 Å². The Balaban J connectivity index is 1.26. The molecule has 1 atom stereocenters. The van der Waals surface area contributed by atoms with Crippen LogP contribution in [0.15, 0.2) is 48.5 Å². The third-order valence-corrected chi connectivity index (χ3v) is 5.53. The maximum atomic E-state index is 12.7. The molecule has 6 nitrogen and oxygen atoms in total. The topological polar surface area (TPSA) is 65.0 Å². The van der Waals surface area contributed by atoms with E-state index in [0.717, 1.165) is 23.4 Å². The quantitative estimate of drug-likeness (QED) is 0.737. The van der Waals surface area contributed by atoms with E-state index in [1.807, 2.05) is 17.0 Å². The average molecular weight is 447 g/mol. The Morgan fingerprint density at radius 3 is 2.50 bits per heavy atom. The van der Waals surface area contributed by atoms with Gasteiger partial charge in [-0.05, 0) is 42.0 Å². The molecule has 2 heterocycles. The molecule has 0 aliphatic carbocycles. The van der Waals surface area contributed by atoms with Crippen LogP contribution in [-0.2, 0) is 11.0 Å². The summed E-state index contributed by atoms with van der Waals surface area (Å²) in [6.45, 7) is 3.22. The maximum absolute atomic E-state index is 12.7. The van der Waals surface area contributed by atoms with Gasteiger partial charge >= 0.3 is 6.18 Å². The molecule has 1 amide bonds. The van der Waals surface area contributed by atoms with Crippen molar-refractivity contribution in [2.24, 2.45) is 0 Å². The van der Waals surface area contributed by atoms with Gasteiger partial charge in [-0.15, -0.1) is 0 Å². The molecule has 0 aromatic heterocycles. The normalized spacial score (nSPS) is 18.2. The van der Waals surface area contributed by atoms with E-state index in [0.29, 0.717) is 44.2 Å². The van der Waals surface area contributed by atoms with Crippen LogP contribution in [0.5, 0.6) is 5.75 Å². The summed E-state index contributed by atoms with van der Waals surface area (Å²) < 4.78 is 43.6. The number of fused-ring (bicyclic) bond motifs is 1. The first kappa shape index (κ1) is 22.2. The van der Waals surface area contributed by atoms with Gasteiger partial charge in [-0.1, -0.05) is 18.2 Å². The highest BCUT2D eigenvalue weighted by Gasteiger charge is 2.30. The Hall–Kier alpha value is -3.04. The number of benzene rings is 2. The van der Waals surface area contributed by atoms with Gasteiger partial charge in [0.25, 0.3) is 5.91 Å². The molecule has 2 aliphatic rings. The molecule has 0 radical (unpaired) electrons. The van der Waals surface area contributed by atoms with E-state index < -0.39 is 17.8 Å². The smallest absolute Gasteiger partial charge is 0.416 e. The number of β-amino-alcohol motifs (C(OH)–C–C–N with tert-alkyl or cyclic N) is 1. The van der Waals surface area contributed by atoms with Crippen LogP contribution in [0.25, 0.3) is 6.08 Å². The van der Waals surface area contributed by atoms with Gasteiger partial charge in [0, 0.05) is 38.4 Å². The summed E-state index contributed by atoms with van der Waals surface area (Å²) in [7, 11) is 0. The molecule has 2 aromatic rings. The Labute approximate surface area is 183 Å². The third kappa shape index (κ3) is 5.41. The summed E-state index contributed by atoms with van der Waals surface area (Å²) in [5.74, 6) is 0.412. The van der Waals surface area contributed by atoms with Gasteiger partial charge in [-0.3, -0.25) is 9.69 Å². The second-order valence-corrected chi connectivity index (χ2v) is 7.85. The van der Waals surface area contributed by atoms with Gasteiger partial charge < -0.3 is 20.1 Å². The molecular weight excluding hydrogens is 423 g/mol. The summed E-state index contributed by atoms with van der Waals surface area (Å²) >= 11 is 0. The molecule has 0 spiro atoms. The summed E-state index contributed by atoms with van der Waals surface area (Å²) in [4.78, 5) is 15.5. The molecule has 0 saturated carbocycles. The van der Waals surface area contributed by atoms with Crippen molar-refractivity contribution in [3.8, 4) is 5.75 Å². The lowest BCUT2D eigenvalue weighted by Crippen LogP contribution is -2.48. The van der Waals surface area contributed by atoms with Crippen LogP contribution in [0.2, 0.25) is 0 Å². The number of alkyl halides is 3. The summed E-state index contributed by atoms with van der Waals surface area (Å²) in [5, 5.41) is 13.1. The first-order chi connectivity index (χ1) is 15.3. The number of aliphatic hydroxyl groups is 1. The molecule has 4 rings (SSSR count). The summed E-state index contributed by atoms with van der Waals surface area (Å²) in [6.07, 6.45) is -1.47.